The molecule has 0 spiro atoms. The number of carbonyl (C=O) groups is 1. The first-order valence-corrected chi connectivity index (χ1v) is 6.53. The van der Waals surface area contributed by atoms with Gasteiger partial charge in [-0.15, -0.1) is 0 Å². The molecule has 108 valence electrons. The minimum Gasteiger partial charge on any atom is -0.393 e. The highest BCUT2D eigenvalue weighted by atomic mass is 16.6. The van der Waals surface area contributed by atoms with Gasteiger partial charge < -0.3 is 16.0 Å². The van der Waals surface area contributed by atoms with E-state index in [4.69, 9.17) is 5.73 Å². The smallest absolute Gasteiger partial charge is 0.292 e. The molecule has 7 nitrogen and oxygen atoms in total. The van der Waals surface area contributed by atoms with Gasteiger partial charge in [-0.3, -0.25) is 14.9 Å². The summed E-state index contributed by atoms with van der Waals surface area (Å²) >= 11 is 0. The molecule has 0 saturated carbocycles. The summed E-state index contributed by atoms with van der Waals surface area (Å²) in [6.07, 6.45) is 1.74. The van der Waals surface area contributed by atoms with E-state index in [1.165, 1.54) is 18.2 Å². The summed E-state index contributed by atoms with van der Waals surface area (Å²) in [4.78, 5) is 24.4. The Morgan fingerprint density at radius 1 is 1.45 bits per heavy atom. The summed E-state index contributed by atoms with van der Waals surface area (Å²) in [5, 5.41) is 14.1. The van der Waals surface area contributed by atoms with E-state index in [-0.39, 0.29) is 28.9 Å². The summed E-state index contributed by atoms with van der Waals surface area (Å²) < 4.78 is 0. The van der Waals surface area contributed by atoms with Crippen LogP contribution in [0.2, 0.25) is 0 Å². The Morgan fingerprint density at radius 3 is 2.70 bits per heavy atom. The molecule has 1 aromatic rings. The second kappa shape index (κ2) is 5.87. The van der Waals surface area contributed by atoms with Crippen molar-refractivity contribution in [3.8, 4) is 0 Å². The van der Waals surface area contributed by atoms with Crippen LogP contribution >= 0.6 is 0 Å². The number of nitrogens with two attached hydrogens (primary N) is 1. The van der Waals surface area contributed by atoms with E-state index in [1.54, 1.807) is 11.9 Å². The largest absolute Gasteiger partial charge is 0.393 e. The molecule has 0 bridgehead atoms. The lowest BCUT2D eigenvalue weighted by molar-refractivity contribution is -0.383. The van der Waals surface area contributed by atoms with Gasteiger partial charge in [0.1, 0.15) is 5.69 Å². The molecule has 0 atom stereocenters. The second-order valence-corrected chi connectivity index (χ2v) is 4.89. The number of anilines is 1. The van der Waals surface area contributed by atoms with E-state index in [9.17, 15) is 14.9 Å². The van der Waals surface area contributed by atoms with Crippen LogP contribution in [0.25, 0.3) is 0 Å². The van der Waals surface area contributed by atoms with Crippen LogP contribution in [0, 0.1) is 10.1 Å². The topological polar surface area (TPSA) is 102 Å². The summed E-state index contributed by atoms with van der Waals surface area (Å²) in [5.74, 6) is -0.266. The van der Waals surface area contributed by atoms with Gasteiger partial charge >= 0.3 is 0 Å². The molecular weight excluding hydrogens is 260 g/mol. The van der Waals surface area contributed by atoms with Crippen molar-refractivity contribution >= 4 is 17.3 Å². The van der Waals surface area contributed by atoms with E-state index >= 15 is 0 Å². The van der Waals surface area contributed by atoms with Crippen molar-refractivity contribution in [1.29, 1.82) is 0 Å². The number of benzene rings is 1. The number of nitro groups is 1. The molecule has 1 aliphatic rings. The number of amides is 1. The van der Waals surface area contributed by atoms with Crippen LogP contribution in [0.4, 0.5) is 11.4 Å². The molecule has 1 fully saturated rings. The monoisotopic (exact) mass is 278 g/mol. The minimum atomic E-state index is -0.573. The number of rotatable bonds is 3. The third kappa shape index (κ3) is 2.72. The lowest BCUT2D eigenvalue weighted by Gasteiger charge is -2.31. The van der Waals surface area contributed by atoms with Gasteiger partial charge in [-0.05, 0) is 32.0 Å². The number of nitrogens with zero attached hydrogens (tertiary/aromatic N) is 2. The number of hydrogen-bond acceptors (Lipinski definition) is 5. The molecule has 1 amide bonds. The zero-order valence-electron chi connectivity index (χ0n) is 11.3. The molecule has 0 unspecified atom stereocenters. The van der Waals surface area contributed by atoms with Crippen LogP contribution in [-0.4, -0.2) is 41.9 Å². The van der Waals surface area contributed by atoms with Crippen molar-refractivity contribution in [3.63, 3.8) is 0 Å². The predicted molar refractivity (Wildman–Crippen MR) is 75.5 cm³/mol. The molecular formula is C13H18N4O3. The number of nitro benzene ring substituents is 1. The first kappa shape index (κ1) is 14.3. The molecule has 20 heavy (non-hydrogen) atoms. The van der Waals surface area contributed by atoms with Gasteiger partial charge in [0.15, 0.2) is 0 Å². The average Bonchev–Trinajstić information content (AvgIpc) is 2.46. The average molecular weight is 278 g/mol. The van der Waals surface area contributed by atoms with Crippen molar-refractivity contribution in [1.82, 2.24) is 10.2 Å². The minimum absolute atomic E-state index is 0.0664. The third-order valence-electron chi connectivity index (χ3n) is 3.69. The van der Waals surface area contributed by atoms with Gasteiger partial charge in [0.25, 0.3) is 11.6 Å². The van der Waals surface area contributed by atoms with Gasteiger partial charge in [0.2, 0.25) is 0 Å². The Balaban J connectivity index is 2.24. The van der Waals surface area contributed by atoms with E-state index in [0.29, 0.717) is 0 Å². The van der Waals surface area contributed by atoms with Crippen molar-refractivity contribution in [3.05, 3.63) is 33.9 Å². The zero-order chi connectivity index (χ0) is 14.7. The van der Waals surface area contributed by atoms with E-state index < -0.39 is 4.92 Å². The second-order valence-electron chi connectivity index (χ2n) is 4.89. The molecule has 0 radical (unpaired) electrons. The number of para-hydroxylation sites is 1. The number of hydrogen-bond donors (Lipinski definition) is 2. The van der Waals surface area contributed by atoms with Crippen LogP contribution in [0.15, 0.2) is 18.2 Å². The maximum absolute atomic E-state index is 12.4. The zero-order valence-corrected chi connectivity index (χ0v) is 11.3. The fraction of sp³-hybridized carbons (Fsp3) is 0.462. The molecule has 1 aromatic carbocycles. The van der Waals surface area contributed by atoms with Crippen LogP contribution in [0.5, 0.6) is 0 Å². The Bertz CT molecular complexity index is 526. The number of nitrogens with one attached hydrogen (secondary N) is 1. The van der Waals surface area contributed by atoms with Crippen molar-refractivity contribution in [2.45, 2.75) is 18.9 Å². The van der Waals surface area contributed by atoms with Crippen LogP contribution in [-0.2, 0) is 0 Å². The van der Waals surface area contributed by atoms with Crippen LogP contribution in [0.3, 0.4) is 0 Å². The molecule has 7 heteroatoms. The fourth-order valence-electron chi connectivity index (χ4n) is 2.45. The highest BCUT2D eigenvalue weighted by Crippen LogP contribution is 2.26. The summed E-state index contributed by atoms with van der Waals surface area (Å²) in [6, 6.07) is 4.46. The Labute approximate surface area is 116 Å². The van der Waals surface area contributed by atoms with E-state index in [0.717, 1.165) is 25.9 Å². The SMILES string of the molecule is CN(C(=O)c1cccc([N+](=O)[O-])c1N)C1CCNCC1. The van der Waals surface area contributed by atoms with E-state index in [2.05, 4.69) is 5.32 Å². The third-order valence-corrected chi connectivity index (χ3v) is 3.69. The normalized spacial score (nSPS) is 15.8. The van der Waals surface area contributed by atoms with Crippen molar-refractivity contribution < 1.29 is 9.72 Å². The van der Waals surface area contributed by atoms with Gasteiger partial charge in [0, 0.05) is 19.2 Å². The maximum atomic E-state index is 12.4. The Hall–Kier alpha value is -2.15. The molecule has 3 N–H and O–H groups in total. The fourth-order valence-corrected chi connectivity index (χ4v) is 2.45. The quantitative estimate of drug-likeness (QED) is 0.488. The molecule has 1 aliphatic heterocycles. The maximum Gasteiger partial charge on any atom is 0.292 e. The standard InChI is InChI=1S/C13H18N4O3/c1-16(9-5-7-15-8-6-9)13(18)10-3-2-4-11(12(10)14)17(19)20/h2-4,9,15H,5-8,14H2,1H3. The first-order valence-electron chi connectivity index (χ1n) is 6.53. The number of carbonyl (C=O) groups excluding carboxylic acids is 1. The summed E-state index contributed by atoms with van der Waals surface area (Å²) in [5.41, 5.74) is 5.65. The summed E-state index contributed by atoms with van der Waals surface area (Å²) in [7, 11) is 1.72. The molecule has 0 aliphatic carbocycles. The van der Waals surface area contributed by atoms with Crippen molar-refractivity contribution in [2.24, 2.45) is 0 Å². The highest BCUT2D eigenvalue weighted by Gasteiger charge is 2.26. The molecule has 1 saturated heterocycles. The first-order chi connectivity index (χ1) is 9.52. The van der Waals surface area contributed by atoms with Gasteiger partial charge in [-0.2, -0.15) is 0 Å². The van der Waals surface area contributed by atoms with Gasteiger partial charge in [-0.25, -0.2) is 0 Å². The number of nitrogen functional groups attached to an aromatic ring is 1. The lowest BCUT2D eigenvalue weighted by atomic mass is 10.0. The Kier molecular flexibility index (Phi) is 4.19. The molecule has 2 rings (SSSR count). The highest BCUT2D eigenvalue weighted by molar-refractivity contribution is 6.01. The van der Waals surface area contributed by atoms with Crippen LogP contribution < -0.4 is 11.1 Å². The molecule has 1 heterocycles. The van der Waals surface area contributed by atoms with Gasteiger partial charge in [-0.1, -0.05) is 6.07 Å². The van der Waals surface area contributed by atoms with Crippen LogP contribution in [0.1, 0.15) is 23.2 Å². The molecule has 0 aromatic heterocycles. The Morgan fingerprint density at radius 2 is 2.10 bits per heavy atom. The predicted octanol–water partition coefficient (Wildman–Crippen LogP) is 1.00. The lowest BCUT2D eigenvalue weighted by Crippen LogP contribution is -2.44. The van der Waals surface area contributed by atoms with Crippen molar-refractivity contribution in [2.75, 3.05) is 25.9 Å². The van der Waals surface area contributed by atoms with E-state index in [1.807, 2.05) is 0 Å². The summed E-state index contributed by atoms with van der Waals surface area (Å²) in [6.45, 7) is 1.74. The van der Waals surface area contributed by atoms with Gasteiger partial charge in [0.05, 0.1) is 10.5 Å². The number of piperidine rings is 1.